The summed E-state index contributed by atoms with van der Waals surface area (Å²) in [5.74, 6) is -1.28. The largest absolute Gasteiger partial charge is 0.489 e. The van der Waals surface area contributed by atoms with E-state index in [0.717, 1.165) is 70.7 Å². The van der Waals surface area contributed by atoms with Gasteiger partial charge >= 0.3 is 18.0 Å². The Hall–Kier alpha value is -5.62. The molecule has 17 heteroatoms. The van der Waals surface area contributed by atoms with Crippen LogP contribution in [-0.4, -0.2) is 87.8 Å². The highest BCUT2D eigenvalue weighted by molar-refractivity contribution is 7.89. The maximum absolute atomic E-state index is 14.5. The molecule has 2 heterocycles. The maximum Gasteiger partial charge on any atom is 0.412 e. The first-order valence-corrected chi connectivity index (χ1v) is 25.8. The first-order chi connectivity index (χ1) is 32.4. The van der Waals surface area contributed by atoms with E-state index < -0.39 is 61.8 Å². The Morgan fingerprint density at radius 2 is 1.64 bits per heavy atom. The molecule has 0 radical (unpaired) electrons. The van der Waals surface area contributed by atoms with Gasteiger partial charge in [-0.25, -0.2) is 22.8 Å². The standard InChI is InChI=1S/C53H67N3O12S2/c1-33(2)30-54(70(63,64)38-22-23-41(56(61)62)35(28-38)19-24-45(57)58)31-43-42(55(53(11,12)66-43)49(60)68-51(6,7)8)27-34-17-20-37(21-18-34)65-32-36-15-13-14-16-39(36)47-46(48(59)67-50(3,4)5)40-29-52(9,10)26-25-44(40)69-47/h13-24,28,33,42-43H,25-27,29-32H2,1-12H3,(H,57,58)/b24-19+/t42-,43+/m0/s1. The first kappa shape index (κ1) is 53.7. The van der Waals surface area contributed by atoms with Gasteiger partial charge in [-0.1, -0.05) is 64.1 Å². The van der Waals surface area contributed by atoms with Crippen molar-refractivity contribution in [3.05, 3.63) is 116 Å². The van der Waals surface area contributed by atoms with Crippen LogP contribution < -0.4 is 4.74 Å². The molecule has 1 N–H and O–H groups in total. The van der Waals surface area contributed by atoms with Gasteiger partial charge in [0.05, 0.1) is 33.1 Å². The van der Waals surface area contributed by atoms with Crippen LogP contribution in [0.1, 0.15) is 127 Å². The predicted octanol–water partition coefficient (Wildman–Crippen LogP) is 11.1. The topological polar surface area (TPSA) is 192 Å². The van der Waals surface area contributed by atoms with Crippen molar-refractivity contribution in [3.8, 4) is 16.2 Å². The number of carbonyl (C=O) groups excluding carboxylic acids is 2. The quantitative estimate of drug-likeness (QED) is 0.0484. The van der Waals surface area contributed by atoms with Gasteiger partial charge < -0.3 is 24.1 Å². The number of sulfonamides is 1. The Morgan fingerprint density at radius 3 is 2.26 bits per heavy atom. The van der Waals surface area contributed by atoms with Crippen LogP contribution in [0.2, 0.25) is 0 Å². The molecule has 0 bridgehead atoms. The van der Waals surface area contributed by atoms with Gasteiger partial charge in [-0.2, -0.15) is 4.31 Å². The number of thiophene rings is 1. The molecule has 1 saturated heterocycles. The average Bonchev–Trinajstić information content (AvgIpc) is 3.72. The van der Waals surface area contributed by atoms with Crippen LogP contribution in [0.3, 0.4) is 0 Å². The van der Waals surface area contributed by atoms with E-state index in [1.54, 1.807) is 46.0 Å². The summed E-state index contributed by atoms with van der Waals surface area (Å²) >= 11 is 1.66. The van der Waals surface area contributed by atoms with Crippen molar-refractivity contribution in [1.29, 1.82) is 0 Å². The van der Waals surface area contributed by atoms with E-state index >= 15 is 0 Å². The van der Waals surface area contributed by atoms with E-state index in [9.17, 15) is 38.0 Å². The van der Waals surface area contributed by atoms with E-state index in [-0.39, 0.29) is 53.9 Å². The molecule has 1 aromatic heterocycles. The molecule has 1 amide bonds. The van der Waals surface area contributed by atoms with Crippen molar-refractivity contribution in [2.45, 2.75) is 149 Å². The SMILES string of the molecule is CC(C)CN(C[C@H]1OC(C)(C)N(C(=O)OC(C)(C)C)[C@H]1Cc1ccc(OCc2ccccc2-c2sc3c(c2C(=O)OC(C)(C)C)CC(C)(C)CC3)cc1)S(=O)(=O)c1ccc([N+](=O)[O-])c(/C=C/C(=O)O)c1. The third-order valence-electron chi connectivity index (χ3n) is 12.0. The number of hydrogen-bond donors (Lipinski definition) is 1. The number of fused-ring (bicyclic) bond motifs is 1. The number of carboxylic acids is 1. The van der Waals surface area contributed by atoms with Crippen LogP contribution in [0.15, 0.2) is 77.7 Å². The number of aryl methyl sites for hydroxylation is 1. The first-order valence-electron chi connectivity index (χ1n) is 23.5. The molecule has 3 aromatic carbocycles. The Balaban J connectivity index is 1.29. The smallest absolute Gasteiger partial charge is 0.412 e. The fourth-order valence-electron chi connectivity index (χ4n) is 8.95. The zero-order valence-corrected chi connectivity index (χ0v) is 43.9. The van der Waals surface area contributed by atoms with Crippen LogP contribution in [0.25, 0.3) is 16.5 Å². The highest BCUT2D eigenvalue weighted by Gasteiger charge is 2.52. The van der Waals surface area contributed by atoms with Crippen LogP contribution in [0.4, 0.5) is 10.5 Å². The molecule has 0 unspecified atom stereocenters. The number of hydrogen-bond acceptors (Lipinski definition) is 12. The Kier molecular flexibility index (Phi) is 15.8. The van der Waals surface area contributed by atoms with Gasteiger partial charge in [0.15, 0.2) is 0 Å². The van der Waals surface area contributed by atoms with Crippen molar-refractivity contribution in [3.63, 3.8) is 0 Å². The summed E-state index contributed by atoms with van der Waals surface area (Å²) in [6.07, 6.45) is 3.11. The monoisotopic (exact) mass is 1000 g/mol. The predicted molar refractivity (Wildman–Crippen MR) is 269 cm³/mol. The van der Waals surface area contributed by atoms with Crippen LogP contribution >= 0.6 is 11.3 Å². The van der Waals surface area contributed by atoms with E-state index in [1.807, 2.05) is 83.1 Å². The fraction of sp³-hybridized carbons (Fsp3) is 0.491. The number of nitro groups is 1. The molecule has 4 aromatic rings. The van der Waals surface area contributed by atoms with Gasteiger partial charge in [-0.3, -0.25) is 15.0 Å². The van der Waals surface area contributed by atoms with Crippen molar-refractivity contribution in [1.82, 2.24) is 9.21 Å². The number of benzene rings is 3. The molecule has 2 aliphatic rings. The minimum atomic E-state index is -4.39. The van der Waals surface area contributed by atoms with E-state index in [1.165, 1.54) is 14.1 Å². The highest BCUT2D eigenvalue weighted by Crippen LogP contribution is 2.47. The van der Waals surface area contributed by atoms with Gasteiger partial charge in [0.2, 0.25) is 10.0 Å². The number of carboxylic acid groups (broad SMARTS) is 1. The molecule has 15 nitrogen and oxygen atoms in total. The van der Waals surface area contributed by atoms with Gasteiger partial charge in [-0.15, -0.1) is 11.3 Å². The summed E-state index contributed by atoms with van der Waals surface area (Å²) in [4.78, 5) is 53.8. The molecule has 1 aliphatic heterocycles. The van der Waals surface area contributed by atoms with Crippen molar-refractivity contribution in [2.24, 2.45) is 11.3 Å². The number of nitro benzene ring substituents is 1. The van der Waals surface area contributed by atoms with Gasteiger partial charge in [-0.05, 0) is 145 Å². The summed E-state index contributed by atoms with van der Waals surface area (Å²) < 4.78 is 55.3. The summed E-state index contributed by atoms with van der Waals surface area (Å²) in [7, 11) is -4.39. The third-order valence-corrected chi connectivity index (χ3v) is 15.1. The number of amides is 1. The summed E-state index contributed by atoms with van der Waals surface area (Å²) in [6.45, 7) is 22.6. The number of nitrogens with zero attached hydrogens (tertiary/aromatic N) is 3. The second-order valence-corrected chi connectivity index (χ2v) is 24.8. The van der Waals surface area contributed by atoms with Crippen LogP contribution in [-0.2, 0) is 54.9 Å². The molecule has 1 fully saturated rings. The van der Waals surface area contributed by atoms with Gasteiger partial charge in [0, 0.05) is 35.0 Å². The van der Waals surface area contributed by atoms with Gasteiger partial charge in [0.1, 0.15) is 29.3 Å². The lowest BCUT2D eigenvalue weighted by molar-refractivity contribution is -0.385. The van der Waals surface area contributed by atoms with Crippen molar-refractivity contribution >= 4 is 51.2 Å². The average molecular weight is 1000 g/mol. The molecule has 0 saturated carbocycles. The second kappa shape index (κ2) is 20.6. The normalized spacial score (nSPS) is 18.0. The molecule has 70 heavy (non-hydrogen) atoms. The molecule has 6 rings (SSSR count). The maximum atomic E-state index is 14.5. The number of ether oxygens (including phenoxy) is 4. The number of rotatable bonds is 16. The third kappa shape index (κ3) is 13.0. The highest BCUT2D eigenvalue weighted by atomic mass is 32.2. The lowest BCUT2D eigenvalue weighted by Gasteiger charge is -2.35. The van der Waals surface area contributed by atoms with E-state index in [2.05, 4.69) is 13.8 Å². The summed E-state index contributed by atoms with van der Waals surface area (Å²) in [5, 5.41) is 21.0. The van der Waals surface area contributed by atoms with Crippen LogP contribution in [0.5, 0.6) is 5.75 Å². The number of aliphatic carboxylic acids is 1. The molecule has 1 aliphatic carbocycles. The number of carbonyl (C=O) groups is 3. The molecule has 2 atom stereocenters. The lowest BCUT2D eigenvalue weighted by atomic mass is 9.76. The molecular formula is C53H67N3O12S2. The molecular weight excluding hydrogens is 935 g/mol. The van der Waals surface area contributed by atoms with Crippen LogP contribution in [0, 0.1) is 21.4 Å². The fourth-order valence-corrected chi connectivity index (χ4v) is 12.0. The van der Waals surface area contributed by atoms with Crippen molar-refractivity contribution in [2.75, 3.05) is 13.1 Å². The lowest BCUT2D eigenvalue weighted by Crippen LogP contribution is -2.52. The van der Waals surface area contributed by atoms with E-state index in [0.29, 0.717) is 17.4 Å². The van der Waals surface area contributed by atoms with Gasteiger partial charge in [0.25, 0.3) is 5.69 Å². The number of esters is 1. The Bertz CT molecular complexity index is 2750. The zero-order valence-electron chi connectivity index (χ0n) is 42.3. The Morgan fingerprint density at radius 1 is 0.986 bits per heavy atom. The van der Waals surface area contributed by atoms with Crippen molar-refractivity contribution < 1.29 is 51.8 Å². The summed E-state index contributed by atoms with van der Waals surface area (Å²) in [6, 6.07) is 17.9. The minimum Gasteiger partial charge on any atom is -0.489 e. The molecule has 378 valence electrons. The minimum absolute atomic E-state index is 0.0313. The second-order valence-electron chi connectivity index (χ2n) is 21.7. The molecule has 0 spiro atoms. The van der Waals surface area contributed by atoms with E-state index in [4.69, 9.17) is 18.9 Å². The summed E-state index contributed by atoms with van der Waals surface area (Å²) in [5.41, 5.74) is 0.934. The zero-order chi connectivity index (χ0) is 51.7. The Labute approximate surface area is 416 Å².